The van der Waals surface area contributed by atoms with E-state index in [0.717, 1.165) is 69.7 Å². The predicted octanol–water partition coefficient (Wildman–Crippen LogP) is 1.32. The van der Waals surface area contributed by atoms with Crippen molar-refractivity contribution in [3.05, 3.63) is 17.0 Å². The first-order valence-corrected chi connectivity index (χ1v) is 10.5. The Bertz CT molecular complexity index is 713. The Morgan fingerprint density at radius 2 is 1.96 bits per heavy atom. The molecule has 0 bridgehead atoms. The number of piperidine rings is 1. The Kier molecular flexibility index (Phi) is 5.96. The largest absolute Gasteiger partial charge is 0.481 e. The molecule has 0 saturated carbocycles. The Balaban J connectivity index is 1.47. The van der Waals surface area contributed by atoms with Gasteiger partial charge in [0.1, 0.15) is 0 Å². The van der Waals surface area contributed by atoms with E-state index in [1.807, 2.05) is 4.90 Å². The summed E-state index contributed by atoms with van der Waals surface area (Å²) in [6.07, 6.45) is 5.75. The minimum Gasteiger partial charge on any atom is -0.481 e. The van der Waals surface area contributed by atoms with Gasteiger partial charge in [0.15, 0.2) is 5.69 Å². The van der Waals surface area contributed by atoms with Crippen LogP contribution >= 0.6 is 0 Å². The van der Waals surface area contributed by atoms with E-state index in [0.29, 0.717) is 31.2 Å². The molecule has 3 aliphatic rings. The van der Waals surface area contributed by atoms with Crippen LogP contribution in [0.15, 0.2) is 0 Å². The number of carbonyl (C=O) groups is 2. The molecular formula is C20H30N4O4. The summed E-state index contributed by atoms with van der Waals surface area (Å²) in [5, 5.41) is 16.6. The van der Waals surface area contributed by atoms with Gasteiger partial charge in [0.2, 0.25) is 0 Å². The van der Waals surface area contributed by atoms with Gasteiger partial charge in [-0.2, -0.15) is 5.10 Å². The quantitative estimate of drug-likeness (QED) is 0.787. The first-order chi connectivity index (χ1) is 13.6. The van der Waals surface area contributed by atoms with Crippen LogP contribution in [0, 0.1) is 5.92 Å². The minimum absolute atomic E-state index is 0.000141. The molecule has 8 nitrogen and oxygen atoms in total. The number of likely N-dealkylation sites (tertiary alicyclic amines) is 1. The average Bonchev–Trinajstić information content (AvgIpc) is 3.16. The number of nitrogens with one attached hydrogen (secondary N) is 1. The fraction of sp³-hybridized carbons (Fsp3) is 0.750. The van der Waals surface area contributed by atoms with Crippen molar-refractivity contribution in [1.82, 2.24) is 20.0 Å². The third-order valence-corrected chi connectivity index (χ3v) is 6.48. The van der Waals surface area contributed by atoms with Crippen LogP contribution in [0.4, 0.5) is 0 Å². The molecule has 2 atom stereocenters. The molecule has 154 valence electrons. The molecule has 2 fully saturated rings. The summed E-state index contributed by atoms with van der Waals surface area (Å²) in [6, 6.07) is 0.320. The second kappa shape index (κ2) is 8.61. The molecule has 2 N–H and O–H groups in total. The van der Waals surface area contributed by atoms with Gasteiger partial charge in [0, 0.05) is 49.9 Å². The fourth-order valence-corrected chi connectivity index (χ4v) is 4.99. The number of morpholine rings is 1. The number of hydrogen-bond donors (Lipinski definition) is 2. The Morgan fingerprint density at radius 3 is 2.75 bits per heavy atom. The van der Waals surface area contributed by atoms with E-state index in [-0.39, 0.29) is 18.2 Å². The van der Waals surface area contributed by atoms with E-state index in [9.17, 15) is 14.7 Å². The van der Waals surface area contributed by atoms with Crippen LogP contribution in [0.1, 0.15) is 53.8 Å². The van der Waals surface area contributed by atoms with Crippen LogP contribution in [0.25, 0.3) is 0 Å². The maximum atomic E-state index is 13.2. The van der Waals surface area contributed by atoms with Crippen molar-refractivity contribution in [2.75, 3.05) is 39.4 Å². The van der Waals surface area contributed by atoms with Gasteiger partial charge in [-0.1, -0.05) is 0 Å². The molecular weight excluding hydrogens is 360 g/mol. The summed E-state index contributed by atoms with van der Waals surface area (Å²) >= 11 is 0. The number of aliphatic carboxylic acids is 1. The van der Waals surface area contributed by atoms with Crippen LogP contribution in [0.2, 0.25) is 0 Å². The highest BCUT2D eigenvalue weighted by Crippen LogP contribution is 2.29. The van der Waals surface area contributed by atoms with Crippen LogP contribution < -0.4 is 0 Å². The lowest BCUT2D eigenvalue weighted by atomic mass is 9.86. The van der Waals surface area contributed by atoms with Gasteiger partial charge in [0.05, 0.1) is 13.2 Å². The predicted molar refractivity (Wildman–Crippen MR) is 102 cm³/mol. The maximum absolute atomic E-state index is 13.2. The van der Waals surface area contributed by atoms with E-state index >= 15 is 0 Å². The standard InChI is InChI=1S/C20H30N4O4/c25-18(26)6-5-14-13-24(8-7-17(14)23-9-11-28-12-10-23)20(27)19-15-3-1-2-4-16(15)21-22-19/h14,17H,1-13H2,(H,21,22)(H,25,26)/t14-,17+/m1/s1. The third-order valence-electron chi connectivity index (χ3n) is 6.48. The van der Waals surface area contributed by atoms with Crippen molar-refractivity contribution in [2.24, 2.45) is 5.92 Å². The molecule has 3 heterocycles. The number of amides is 1. The molecule has 2 aliphatic heterocycles. The Labute approximate surface area is 165 Å². The number of aryl methyl sites for hydroxylation is 1. The first kappa shape index (κ1) is 19.4. The van der Waals surface area contributed by atoms with Gasteiger partial charge >= 0.3 is 5.97 Å². The molecule has 1 amide bonds. The molecule has 28 heavy (non-hydrogen) atoms. The molecule has 0 spiro atoms. The molecule has 0 aromatic carbocycles. The topological polar surface area (TPSA) is 98.8 Å². The number of aromatic nitrogens is 2. The average molecular weight is 390 g/mol. The highest BCUT2D eigenvalue weighted by Gasteiger charge is 2.37. The fourth-order valence-electron chi connectivity index (χ4n) is 4.99. The van der Waals surface area contributed by atoms with E-state index in [1.165, 1.54) is 0 Å². The summed E-state index contributed by atoms with van der Waals surface area (Å²) in [5.74, 6) is -0.604. The van der Waals surface area contributed by atoms with Gasteiger partial charge in [-0.05, 0) is 44.4 Å². The normalized spacial score (nSPS) is 26.1. The van der Waals surface area contributed by atoms with Gasteiger partial charge in [-0.25, -0.2) is 0 Å². The van der Waals surface area contributed by atoms with Crippen molar-refractivity contribution in [2.45, 2.75) is 51.0 Å². The highest BCUT2D eigenvalue weighted by molar-refractivity contribution is 5.94. The van der Waals surface area contributed by atoms with Crippen LogP contribution in [-0.4, -0.2) is 82.4 Å². The summed E-state index contributed by atoms with van der Waals surface area (Å²) in [6.45, 7) is 4.53. The molecule has 0 unspecified atom stereocenters. The number of ether oxygens (including phenoxy) is 1. The maximum Gasteiger partial charge on any atom is 0.303 e. The van der Waals surface area contributed by atoms with E-state index in [2.05, 4.69) is 15.1 Å². The number of carbonyl (C=O) groups excluding carboxylic acids is 1. The van der Waals surface area contributed by atoms with Gasteiger partial charge in [-0.15, -0.1) is 0 Å². The van der Waals surface area contributed by atoms with Gasteiger partial charge in [0.25, 0.3) is 5.91 Å². The summed E-state index contributed by atoms with van der Waals surface area (Å²) in [4.78, 5) is 28.7. The monoisotopic (exact) mass is 390 g/mol. The number of nitrogens with zero attached hydrogens (tertiary/aromatic N) is 3. The summed E-state index contributed by atoms with van der Waals surface area (Å²) in [5.41, 5.74) is 2.78. The zero-order valence-corrected chi connectivity index (χ0v) is 16.4. The van der Waals surface area contributed by atoms with Crippen molar-refractivity contribution in [3.63, 3.8) is 0 Å². The summed E-state index contributed by atoms with van der Waals surface area (Å²) in [7, 11) is 0. The van der Waals surface area contributed by atoms with Crippen molar-refractivity contribution in [1.29, 1.82) is 0 Å². The van der Waals surface area contributed by atoms with E-state index in [4.69, 9.17) is 4.74 Å². The number of carboxylic acids is 1. The highest BCUT2D eigenvalue weighted by atomic mass is 16.5. The van der Waals surface area contributed by atoms with Crippen molar-refractivity contribution >= 4 is 11.9 Å². The number of hydrogen-bond acceptors (Lipinski definition) is 5. The Morgan fingerprint density at radius 1 is 1.18 bits per heavy atom. The molecule has 1 aromatic rings. The zero-order chi connectivity index (χ0) is 19.5. The first-order valence-electron chi connectivity index (χ1n) is 10.5. The zero-order valence-electron chi connectivity index (χ0n) is 16.4. The van der Waals surface area contributed by atoms with Crippen molar-refractivity contribution in [3.8, 4) is 0 Å². The Hall–Kier alpha value is -1.93. The van der Waals surface area contributed by atoms with Crippen LogP contribution in [0.3, 0.4) is 0 Å². The lowest BCUT2D eigenvalue weighted by Crippen LogP contribution is -2.55. The molecule has 4 rings (SSSR count). The molecule has 1 aliphatic carbocycles. The van der Waals surface area contributed by atoms with E-state index < -0.39 is 5.97 Å². The minimum atomic E-state index is -0.773. The number of rotatable bonds is 5. The van der Waals surface area contributed by atoms with Crippen LogP contribution in [0.5, 0.6) is 0 Å². The van der Waals surface area contributed by atoms with Gasteiger partial charge < -0.3 is 14.7 Å². The number of aromatic amines is 1. The molecule has 8 heteroatoms. The molecule has 1 aromatic heterocycles. The second-order valence-electron chi connectivity index (χ2n) is 8.18. The van der Waals surface area contributed by atoms with Crippen molar-refractivity contribution < 1.29 is 19.4 Å². The smallest absolute Gasteiger partial charge is 0.303 e. The third kappa shape index (κ3) is 4.07. The van der Waals surface area contributed by atoms with Gasteiger partial charge in [-0.3, -0.25) is 19.6 Å². The molecule has 2 saturated heterocycles. The van der Waals surface area contributed by atoms with Crippen LogP contribution in [-0.2, 0) is 22.4 Å². The lowest BCUT2D eigenvalue weighted by molar-refractivity contribution is -0.137. The molecule has 0 radical (unpaired) electrons. The second-order valence-corrected chi connectivity index (χ2v) is 8.18. The lowest BCUT2D eigenvalue weighted by Gasteiger charge is -2.45. The SMILES string of the molecule is O=C(O)CC[C@@H]1CN(C(=O)c2n[nH]c3c2CCCC3)CC[C@@H]1N1CCOCC1. The number of fused-ring (bicyclic) bond motifs is 1. The number of H-pyrrole nitrogens is 1. The summed E-state index contributed by atoms with van der Waals surface area (Å²) < 4.78 is 5.47. The van der Waals surface area contributed by atoms with E-state index in [1.54, 1.807) is 0 Å². The number of carboxylic acid groups (broad SMARTS) is 1.